The molecule has 0 aliphatic carbocycles. The molecular weight excluding hydrogens is 563 g/mol. The zero-order valence-electron chi connectivity index (χ0n) is 25.1. The van der Waals surface area contributed by atoms with E-state index in [0.717, 1.165) is 67.5 Å². The Hall–Kier alpha value is -4.49. The number of nitrogens with zero attached hydrogens (tertiary/aromatic N) is 10. The summed E-state index contributed by atoms with van der Waals surface area (Å²) in [5.74, 6) is 0.297. The Morgan fingerprint density at radius 2 is 2.02 bits per heavy atom. The summed E-state index contributed by atoms with van der Waals surface area (Å²) >= 11 is 0. The number of hydrogen-bond acceptors (Lipinski definition) is 11. The van der Waals surface area contributed by atoms with Gasteiger partial charge in [-0.1, -0.05) is 6.58 Å². The van der Waals surface area contributed by atoms with E-state index < -0.39 is 17.8 Å². The number of carbonyl (C=O) groups excluding carboxylic acids is 1. The largest absolute Gasteiger partial charge is 0.475 e. The lowest BCUT2D eigenvalue weighted by Crippen LogP contribution is -2.55. The number of ether oxygens (including phenoxy) is 1. The normalized spacial score (nSPS) is 23.3. The van der Waals surface area contributed by atoms with Gasteiger partial charge in [0.25, 0.3) is 5.91 Å². The predicted molar refractivity (Wildman–Crippen MR) is 163 cm³/mol. The highest BCUT2D eigenvalue weighted by Crippen LogP contribution is 2.39. The number of fused-ring (bicyclic) bond motifs is 2. The number of pyridine rings is 1. The number of likely N-dealkylation sites (N-methyl/N-ethyl adjacent to an activating group) is 1. The fourth-order valence-electron chi connectivity index (χ4n) is 6.87. The molecule has 0 saturated carbocycles. The van der Waals surface area contributed by atoms with Gasteiger partial charge in [-0.25, -0.2) is 9.37 Å². The summed E-state index contributed by atoms with van der Waals surface area (Å²) < 4.78 is 20.2. The first-order valence-electron chi connectivity index (χ1n) is 15.3. The molecule has 6 heterocycles. The van der Waals surface area contributed by atoms with E-state index in [0.29, 0.717) is 44.1 Å². The van der Waals surface area contributed by atoms with Crippen molar-refractivity contribution >= 4 is 23.6 Å². The van der Waals surface area contributed by atoms with Crippen LogP contribution >= 0.6 is 0 Å². The van der Waals surface area contributed by atoms with Crippen molar-refractivity contribution in [1.82, 2.24) is 24.6 Å². The molecule has 0 radical (unpaired) electrons. The number of rotatable bonds is 7. The van der Waals surface area contributed by atoms with Crippen LogP contribution in [0.15, 0.2) is 34.4 Å². The molecule has 44 heavy (non-hydrogen) atoms. The molecule has 0 N–H and O–H groups in total. The van der Waals surface area contributed by atoms with Crippen LogP contribution in [-0.2, 0) is 17.8 Å². The molecule has 0 spiro atoms. The third-order valence-electron chi connectivity index (χ3n) is 9.18. The van der Waals surface area contributed by atoms with Gasteiger partial charge in [-0.2, -0.15) is 10.5 Å². The van der Waals surface area contributed by atoms with Gasteiger partial charge in [0.15, 0.2) is 5.83 Å². The lowest BCUT2D eigenvalue weighted by molar-refractivity contribution is -0.131. The van der Waals surface area contributed by atoms with Gasteiger partial charge in [0.2, 0.25) is 5.88 Å². The van der Waals surface area contributed by atoms with E-state index in [1.54, 1.807) is 6.21 Å². The molecule has 2 fully saturated rings. The fraction of sp³-hybridized carbons (Fsp3) is 0.548. The highest BCUT2D eigenvalue weighted by molar-refractivity contribution is 6.30. The number of piperazine rings is 1. The summed E-state index contributed by atoms with van der Waals surface area (Å²) in [7, 11) is 2.08. The average molecular weight is 601 g/mol. The van der Waals surface area contributed by atoms with Gasteiger partial charge in [-0.15, -0.1) is 0 Å². The monoisotopic (exact) mass is 600 g/mol. The molecule has 5 aliphatic heterocycles. The quantitative estimate of drug-likeness (QED) is 0.433. The number of amides is 1. The second-order valence-corrected chi connectivity index (χ2v) is 11.8. The maximum Gasteiger partial charge on any atom is 0.282 e. The van der Waals surface area contributed by atoms with Gasteiger partial charge in [-0.3, -0.25) is 14.8 Å². The minimum Gasteiger partial charge on any atom is -0.475 e. The lowest BCUT2D eigenvalue weighted by Gasteiger charge is -2.44. The van der Waals surface area contributed by atoms with Gasteiger partial charge in [0, 0.05) is 50.9 Å². The first-order chi connectivity index (χ1) is 21.4. The number of anilines is 1. The van der Waals surface area contributed by atoms with E-state index in [4.69, 9.17) is 9.72 Å². The molecule has 0 unspecified atom stereocenters. The van der Waals surface area contributed by atoms with Crippen LogP contribution in [0.5, 0.6) is 5.88 Å². The second kappa shape index (κ2) is 12.6. The molecule has 5 aliphatic rings. The number of amidine groups is 1. The van der Waals surface area contributed by atoms with Crippen LogP contribution in [0.2, 0.25) is 0 Å². The molecule has 0 bridgehead atoms. The molecule has 6 rings (SSSR count). The lowest BCUT2D eigenvalue weighted by atomic mass is 9.97. The SMILES string of the molecule is C=C(F)C(=O)N1CCN(c2c(C#N)c(OC[C@@H]3CCCN3C)nc3c2CCN(C2=CN=CC4=NCCCN24)C3)C[C@@H]1CC#N. The summed E-state index contributed by atoms with van der Waals surface area (Å²) in [5.41, 5.74) is 2.87. The number of likely N-dealkylation sites (tertiary alicyclic amines) is 1. The molecule has 1 aromatic rings. The third kappa shape index (κ3) is 5.60. The van der Waals surface area contributed by atoms with Crippen molar-refractivity contribution in [2.24, 2.45) is 9.98 Å². The molecule has 13 heteroatoms. The predicted octanol–water partition coefficient (Wildman–Crippen LogP) is 2.19. The highest BCUT2D eigenvalue weighted by atomic mass is 19.1. The Balaban J connectivity index is 1.36. The van der Waals surface area contributed by atoms with E-state index in [-0.39, 0.29) is 25.6 Å². The average Bonchev–Trinajstić information content (AvgIpc) is 3.46. The number of aromatic nitrogens is 1. The topological polar surface area (TPSA) is 128 Å². The van der Waals surface area contributed by atoms with Crippen molar-refractivity contribution in [2.75, 3.05) is 64.4 Å². The Kier molecular flexibility index (Phi) is 8.49. The van der Waals surface area contributed by atoms with Crippen LogP contribution in [0.25, 0.3) is 0 Å². The Morgan fingerprint density at radius 1 is 1.16 bits per heavy atom. The second-order valence-electron chi connectivity index (χ2n) is 11.8. The Morgan fingerprint density at radius 3 is 2.77 bits per heavy atom. The maximum atomic E-state index is 13.9. The van der Waals surface area contributed by atoms with E-state index >= 15 is 0 Å². The number of hydrogen-bond donors (Lipinski definition) is 0. The van der Waals surface area contributed by atoms with E-state index in [1.807, 2.05) is 6.20 Å². The Labute approximate surface area is 257 Å². The summed E-state index contributed by atoms with van der Waals surface area (Å²) in [6.45, 7) is 8.29. The van der Waals surface area contributed by atoms with Crippen molar-refractivity contribution in [2.45, 2.75) is 50.7 Å². The van der Waals surface area contributed by atoms with Crippen LogP contribution in [0.3, 0.4) is 0 Å². The summed E-state index contributed by atoms with van der Waals surface area (Å²) in [6, 6.07) is 4.20. The first-order valence-corrected chi connectivity index (χ1v) is 15.3. The fourth-order valence-corrected chi connectivity index (χ4v) is 6.87. The number of halogens is 1. The number of nitriles is 2. The molecule has 2 saturated heterocycles. The van der Waals surface area contributed by atoms with Gasteiger partial charge < -0.3 is 29.2 Å². The van der Waals surface area contributed by atoms with Crippen molar-refractivity contribution < 1.29 is 13.9 Å². The molecule has 1 aromatic heterocycles. The smallest absolute Gasteiger partial charge is 0.282 e. The van der Waals surface area contributed by atoms with Crippen LogP contribution < -0.4 is 9.64 Å². The molecule has 1 amide bonds. The zero-order valence-corrected chi connectivity index (χ0v) is 25.1. The zero-order chi connectivity index (χ0) is 30.8. The maximum absolute atomic E-state index is 13.9. The van der Waals surface area contributed by atoms with Gasteiger partial charge in [0.05, 0.1) is 48.9 Å². The van der Waals surface area contributed by atoms with E-state index in [2.05, 4.69) is 55.3 Å². The summed E-state index contributed by atoms with van der Waals surface area (Å²) in [4.78, 5) is 36.8. The van der Waals surface area contributed by atoms with Gasteiger partial charge >= 0.3 is 0 Å². The minimum atomic E-state index is -1.05. The molecule has 2 atom stereocenters. The van der Waals surface area contributed by atoms with Crippen LogP contribution in [0, 0.1) is 22.7 Å². The van der Waals surface area contributed by atoms with Crippen molar-refractivity contribution in [3.63, 3.8) is 0 Å². The molecule has 0 aromatic carbocycles. The van der Waals surface area contributed by atoms with Gasteiger partial charge in [0.1, 0.15) is 29.9 Å². The van der Waals surface area contributed by atoms with Crippen molar-refractivity contribution in [1.29, 1.82) is 10.5 Å². The van der Waals surface area contributed by atoms with Crippen LogP contribution in [0.4, 0.5) is 10.1 Å². The summed E-state index contributed by atoms with van der Waals surface area (Å²) in [6.07, 6.45) is 7.41. The van der Waals surface area contributed by atoms with Crippen LogP contribution in [0.1, 0.15) is 42.5 Å². The Bertz CT molecular complexity index is 1510. The minimum absolute atomic E-state index is 0.0320. The van der Waals surface area contributed by atoms with E-state index in [1.165, 1.54) is 4.90 Å². The highest BCUT2D eigenvalue weighted by Gasteiger charge is 2.37. The summed E-state index contributed by atoms with van der Waals surface area (Å²) in [5, 5.41) is 20.0. The molecule has 12 nitrogen and oxygen atoms in total. The van der Waals surface area contributed by atoms with E-state index in [9.17, 15) is 19.7 Å². The first kappa shape index (κ1) is 29.6. The number of aliphatic imine (C=N–C) groups is 2. The van der Waals surface area contributed by atoms with Crippen LogP contribution in [-0.4, -0.2) is 114 Å². The standard InChI is InChI=1S/C31H37FN10O2/c1-21(32)31(43)41-14-13-40(18-22(41)6-8-33)29-24-7-12-39(28-17-35-16-27-36-9-4-11-42(27)28)19-26(24)37-30(25(29)15-34)44-20-23-5-3-10-38(23)2/h16-17,22-23H,1,3-7,9-14,18-20H2,2H3/t22-,23-/m0/s1. The van der Waals surface area contributed by atoms with Gasteiger partial charge in [-0.05, 0) is 39.3 Å². The van der Waals surface area contributed by atoms with Crippen molar-refractivity contribution in [3.8, 4) is 18.0 Å². The molecule has 230 valence electrons. The number of carbonyl (C=O) groups is 1. The molecular formula is C31H37FN10O2. The van der Waals surface area contributed by atoms with Crippen molar-refractivity contribution in [3.05, 3.63) is 41.2 Å². The third-order valence-corrected chi connectivity index (χ3v) is 9.18.